The summed E-state index contributed by atoms with van der Waals surface area (Å²) in [7, 11) is 0. The summed E-state index contributed by atoms with van der Waals surface area (Å²) in [5, 5.41) is 0. The van der Waals surface area contributed by atoms with Gasteiger partial charge in [0.15, 0.2) is 11.2 Å². The number of ether oxygens (including phenoxy) is 1. The number of rotatable bonds is 7. The second-order valence-corrected chi connectivity index (χ2v) is 8.51. The molecule has 8 nitrogen and oxygen atoms in total. The van der Waals surface area contributed by atoms with Crippen LogP contribution in [0.15, 0.2) is 58.3 Å². The van der Waals surface area contributed by atoms with Gasteiger partial charge in [-0.2, -0.15) is 0 Å². The number of aromatic amines is 1. The van der Waals surface area contributed by atoms with Crippen LogP contribution in [0.4, 0.5) is 0 Å². The maximum absolute atomic E-state index is 13.0. The number of nitrogens with zero attached hydrogens (tertiary/aromatic N) is 4. The molecule has 1 aliphatic carbocycles. The average molecular weight is 431 g/mol. The molecular formula is C24H25N5O3. The van der Waals surface area contributed by atoms with E-state index in [2.05, 4.69) is 9.97 Å². The quantitative estimate of drug-likeness (QED) is 0.484. The van der Waals surface area contributed by atoms with E-state index in [1.807, 2.05) is 60.9 Å². The molecule has 8 heteroatoms. The van der Waals surface area contributed by atoms with E-state index in [4.69, 9.17) is 9.72 Å². The molecule has 0 atom stereocenters. The van der Waals surface area contributed by atoms with Gasteiger partial charge < -0.3 is 9.30 Å². The van der Waals surface area contributed by atoms with E-state index in [9.17, 15) is 9.59 Å². The molecule has 0 unspecified atom stereocenters. The molecule has 0 aliphatic heterocycles. The standard InChI is InChI=1S/C24H25N5O3/c1-15(2)29-21-19(22(30)27-24(29)31)28(13-16-7-4-3-5-8-16)20(26-21)18-9-6-12-25-23(18)32-14-17-10-11-17/h3-9,12,15,17H,10-11,13-14H2,1-2H3,(H,27,30,31). The third kappa shape index (κ3) is 3.72. The zero-order valence-electron chi connectivity index (χ0n) is 18.1. The lowest BCUT2D eigenvalue weighted by atomic mass is 10.2. The van der Waals surface area contributed by atoms with Gasteiger partial charge in [-0.3, -0.25) is 14.3 Å². The molecule has 5 rings (SSSR count). The zero-order chi connectivity index (χ0) is 22.2. The van der Waals surface area contributed by atoms with E-state index in [-0.39, 0.29) is 6.04 Å². The van der Waals surface area contributed by atoms with Crippen LogP contribution < -0.4 is 16.0 Å². The Morgan fingerprint density at radius 3 is 2.62 bits per heavy atom. The normalized spacial score (nSPS) is 13.7. The molecule has 1 aromatic carbocycles. The number of pyridine rings is 1. The lowest BCUT2D eigenvalue weighted by Gasteiger charge is -2.12. The van der Waals surface area contributed by atoms with Crippen LogP contribution in [0.5, 0.6) is 5.88 Å². The van der Waals surface area contributed by atoms with Crippen molar-refractivity contribution in [1.82, 2.24) is 24.1 Å². The van der Waals surface area contributed by atoms with Crippen LogP contribution >= 0.6 is 0 Å². The largest absolute Gasteiger partial charge is 0.477 e. The molecule has 1 saturated carbocycles. The molecule has 0 amide bonds. The molecule has 1 aliphatic rings. The van der Waals surface area contributed by atoms with Gasteiger partial charge in [-0.15, -0.1) is 0 Å². The maximum Gasteiger partial charge on any atom is 0.330 e. The lowest BCUT2D eigenvalue weighted by Crippen LogP contribution is -2.32. The van der Waals surface area contributed by atoms with Crippen molar-refractivity contribution in [2.24, 2.45) is 5.92 Å². The number of aromatic nitrogens is 5. The van der Waals surface area contributed by atoms with Crippen molar-refractivity contribution >= 4 is 11.2 Å². The molecule has 164 valence electrons. The summed E-state index contributed by atoms with van der Waals surface area (Å²) in [4.78, 5) is 37.3. The summed E-state index contributed by atoms with van der Waals surface area (Å²) in [6.45, 7) is 4.82. The molecule has 0 radical (unpaired) electrons. The van der Waals surface area contributed by atoms with E-state index < -0.39 is 11.2 Å². The molecule has 1 N–H and O–H groups in total. The Morgan fingerprint density at radius 1 is 1.12 bits per heavy atom. The number of H-pyrrole nitrogens is 1. The first kappa shape index (κ1) is 20.2. The van der Waals surface area contributed by atoms with Crippen molar-refractivity contribution in [2.45, 2.75) is 39.3 Å². The van der Waals surface area contributed by atoms with Crippen LogP contribution in [0.1, 0.15) is 38.3 Å². The number of imidazole rings is 1. The van der Waals surface area contributed by atoms with Crippen LogP contribution in [0.3, 0.4) is 0 Å². The molecular weight excluding hydrogens is 406 g/mol. The first-order chi connectivity index (χ1) is 15.5. The highest BCUT2D eigenvalue weighted by Crippen LogP contribution is 2.33. The van der Waals surface area contributed by atoms with Gasteiger partial charge in [-0.25, -0.2) is 14.8 Å². The minimum Gasteiger partial charge on any atom is -0.477 e. The monoisotopic (exact) mass is 431 g/mol. The fourth-order valence-electron chi connectivity index (χ4n) is 3.91. The van der Waals surface area contributed by atoms with Gasteiger partial charge in [-0.1, -0.05) is 30.3 Å². The lowest BCUT2D eigenvalue weighted by molar-refractivity contribution is 0.289. The highest BCUT2D eigenvalue weighted by Gasteiger charge is 2.25. The van der Waals surface area contributed by atoms with E-state index >= 15 is 0 Å². The molecule has 0 spiro atoms. The summed E-state index contributed by atoms with van der Waals surface area (Å²) in [5.74, 6) is 1.61. The summed E-state index contributed by atoms with van der Waals surface area (Å²) < 4.78 is 9.40. The van der Waals surface area contributed by atoms with Crippen LogP contribution in [-0.2, 0) is 6.54 Å². The Balaban J connectivity index is 1.76. The Morgan fingerprint density at radius 2 is 1.91 bits per heavy atom. The predicted molar refractivity (Wildman–Crippen MR) is 122 cm³/mol. The number of benzene rings is 1. The molecule has 0 bridgehead atoms. The zero-order valence-corrected chi connectivity index (χ0v) is 18.1. The summed E-state index contributed by atoms with van der Waals surface area (Å²) in [6.07, 6.45) is 4.03. The van der Waals surface area contributed by atoms with Gasteiger partial charge in [0.05, 0.1) is 12.2 Å². The average Bonchev–Trinajstić information content (AvgIpc) is 3.53. The first-order valence-corrected chi connectivity index (χ1v) is 10.9. The van der Waals surface area contributed by atoms with E-state index in [0.29, 0.717) is 47.5 Å². The van der Waals surface area contributed by atoms with Crippen LogP contribution in [-0.4, -0.2) is 30.7 Å². The van der Waals surface area contributed by atoms with Gasteiger partial charge >= 0.3 is 5.69 Å². The van der Waals surface area contributed by atoms with Crippen molar-refractivity contribution < 1.29 is 4.74 Å². The molecule has 4 aromatic rings. The van der Waals surface area contributed by atoms with Crippen molar-refractivity contribution in [1.29, 1.82) is 0 Å². The molecule has 0 saturated heterocycles. The maximum atomic E-state index is 13.0. The highest BCUT2D eigenvalue weighted by atomic mass is 16.5. The van der Waals surface area contributed by atoms with Crippen LogP contribution in [0.25, 0.3) is 22.6 Å². The third-order valence-corrected chi connectivity index (χ3v) is 5.70. The van der Waals surface area contributed by atoms with Gasteiger partial charge in [-0.05, 0) is 50.3 Å². The first-order valence-electron chi connectivity index (χ1n) is 10.9. The minimum absolute atomic E-state index is 0.172. The Hall–Kier alpha value is -3.68. The number of nitrogens with one attached hydrogen (secondary N) is 1. The summed E-state index contributed by atoms with van der Waals surface area (Å²) in [5.41, 5.74) is 1.50. The third-order valence-electron chi connectivity index (χ3n) is 5.70. The van der Waals surface area contributed by atoms with Crippen molar-refractivity contribution in [3.05, 3.63) is 75.1 Å². The number of fused-ring (bicyclic) bond motifs is 1. The smallest absolute Gasteiger partial charge is 0.330 e. The predicted octanol–water partition coefficient (Wildman–Crippen LogP) is 3.37. The van der Waals surface area contributed by atoms with Crippen molar-refractivity contribution in [3.8, 4) is 17.3 Å². The van der Waals surface area contributed by atoms with Gasteiger partial charge in [0.2, 0.25) is 5.88 Å². The second kappa shape index (κ2) is 8.11. The number of hydrogen-bond acceptors (Lipinski definition) is 5. The topological polar surface area (TPSA) is 94.8 Å². The fourth-order valence-corrected chi connectivity index (χ4v) is 3.91. The summed E-state index contributed by atoms with van der Waals surface area (Å²) >= 11 is 0. The Kier molecular flexibility index (Phi) is 5.13. The highest BCUT2D eigenvalue weighted by molar-refractivity contribution is 5.78. The van der Waals surface area contributed by atoms with Gasteiger partial charge in [0.25, 0.3) is 5.56 Å². The minimum atomic E-state index is -0.468. The molecule has 1 fully saturated rings. The van der Waals surface area contributed by atoms with Crippen LogP contribution in [0, 0.1) is 5.92 Å². The van der Waals surface area contributed by atoms with Crippen molar-refractivity contribution in [2.75, 3.05) is 6.61 Å². The fraction of sp³-hybridized carbons (Fsp3) is 0.333. The van der Waals surface area contributed by atoms with Gasteiger partial charge in [0, 0.05) is 18.8 Å². The van der Waals surface area contributed by atoms with Gasteiger partial charge in [0.1, 0.15) is 5.82 Å². The molecule has 3 aromatic heterocycles. The SMILES string of the molecule is CC(C)n1c(=O)[nH]c(=O)c2c1nc(-c1cccnc1OCC1CC1)n2Cc1ccccc1. The van der Waals surface area contributed by atoms with Crippen molar-refractivity contribution in [3.63, 3.8) is 0 Å². The second-order valence-electron chi connectivity index (χ2n) is 8.51. The van der Waals surface area contributed by atoms with E-state index in [1.54, 1.807) is 6.20 Å². The molecule has 3 heterocycles. The number of hydrogen-bond donors (Lipinski definition) is 1. The van der Waals surface area contributed by atoms with E-state index in [1.165, 1.54) is 17.4 Å². The molecule has 32 heavy (non-hydrogen) atoms. The Labute approximate surface area is 184 Å². The summed E-state index contributed by atoms with van der Waals surface area (Å²) in [6, 6.07) is 13.4. The van der Waals surface area contributed by atoms with Crippen LogP contribution in [0.2, 0.25) is 0 Å². The van der Waals surface area contributed by atoms with E-state index in [0.717, 1.165) is 5.56 Å². The Bertz CT molecular complexity index is 1380.